The van der Waals surface area contributed by atoms with Crippen molar-refractivity contribution in [2.75, 3.05) is 0 Å². The lowest BCUT2D eigenvalue weighted by molar-refractivity contribution is 0.1000. The summed E-state index contributed by atoms with van der Waals surface area (Å²) >= 11 is 0. The van der Waals surface area contributed by atoms with Crippen LogP contribution in [0.2, 0.25) is 0 Å². The van der Waals surface area contributed by atoms with Gasteiger partial charge in [-0.1, -0.05) is 6.92 Å². The molecule has 0 bridgehead atoms. The lowest BCUT2D eigenvalue weighted by Gasteiger charge is -1.96. The number of amides is 1. The zero-order valence-electron chi connectivity index (χ0n) is 8.79. The molecule has 0 aromatic carbocycles. The number of aromatic nitrogens is 2. The first-order chi connectivity index (χ1) is 7.13. The first kappa shape index (κ1) is 9.71. The number of aryl methyl sites for hydroxylation is 2. The fraction of sp³-hybridized carbons (Fsp3) is 0.273. The monoisotopic (exact) mass is 203 g/mol. The maximum Gasteiger partial charge on any atom is 0.250 e. The van der Waals surface area contributed by atoms with Crippen LogP contribution in [0.25, 0.3) is 11.0 Å². The van der Waals surface area contributed by atoms with E-state index < -0.39 is 5.91 Å². The molecule has 4 heteroatoms. The minimum Gasteiger partial charge on any atom is -0.366 e. The van der Waals surface area contributed by atoms with Gasteiger partial charge >= 0.3 is 0 Å². The number of rotatable bonds is 2. The Balaban J connectivity index is 2.69. The van der Waals surface area contributed by atoms with Crippen LogP contribution in [-0.4, -0.2) is 15.9 Å². The van der Waals surface area contributed by atoms with E-state index in [4.69, 9.17) is 5.73 Å². The Morgan fingerprint density at radius 1 is 1.60 bits per heavy atom. The summed E-state index contributed by atoms with van der Waals surface area (Å²) in [5.74, 6) is -0.449. The molecule has 0 aliphatic rings. The van der Waals surface area contributed by atoms with Crippen molar-refractivity contribution in [3.8, 4) is 0 Å². The molecule has 2 rings (SSSR count). The Labute approximate surface area is 87.5 Å². The molecule has 4 nitrogen and oxygen atoms in total. The summed E-state index contributed by atoms with van der Waals surface area (Å²) in [7, 11) is 0. The number of pyridine rings is 1. The van der Waals surface area contributed by atoms with E-state index in [9.17, 15) is 4.79 Å². The molecule has 0 saturated carbocycles. The topological polar surface area (TPSA) is 71.8 Å². The van der Waals surface area contributed by atoms with Crippen molar-refractivity contribution >= 4 is 16.9 Å². The number of H-pyrrole nitrogens is 1. The number of aromatic amines is 1. The standard InChI is InChI=1S/C11H13N3O/c1-3-8-6(2)14-9-4-7(11(12)15)5-13-10(8)9/h4-5,14H,3H2,1-2H3,(H2,12,15). The van der Waals surface area contributed by atoms with Gasteiger partial charge in [-0.15, -0.1) is 0 Å². The van der Waals surface area contributed by atoms with Crippen molar-refractivity contribution in [2.24, 2.45) is 5.73 Å². The van der Waals surface area contributed by atoms with E-state index in [1.54, 1.807) is 6.07 Å². The number of nitrogens with one attached hydrogen (secondary N) is 1. The van der Waals surface area contributed by atoms with Crippen LogP contribution in [0.4, 0.5) is 0 Å². The molecule has 15 heavy (non-hydrogen) atoms. The van der Waals surface area contributed by atoms with Crippen LogP contribution in [0.1, 0.15) is 28.5 Å². The SMILES string of the molecule is CCc1c(C)[nH]c2cc(C(N)=O)cnc12. The molecule has 0 unspecified atom stereocenters. The van der Waals surface area contributed by atoms with Crippen molar-refractivity contribution in [3.63, 3.8) is 0 Å². The number of carbonyl (C=O) groups is 1. The van der Waals surface area contributed by atoms with Crippen molar-refractivity contribution in [2.45, 2.75) is 20.3 Å². The Morgan fingerprint density at radius 3 is 2.93 bits per heavy atom. The average Bonchev–Trinajstić information content (AvgIpc) is 2.51. The molecule has 0 fully saturated rings. The Morgan fingerprint density at radius 2 is 2.33 bits per heavy atom. The maximum atomic E-state index is 11.0. The summed E-state index contributed by atoms with van der Waals surface area (Å²) in [6.07, 6.45) is 2.45. The molecule has 78 valence electrons. The number of nitrogens with two attached hydrogens (primary N) is 1. The summed E-state index contributed by atoms with van der Waals surface area (Å²) in [6, 6.07) is 1.75. The molecule has 0 radical (unpaired) electrons. The number of fused-ring (bicyclic) bond motifs is 1. The minimum absolute atomic E-state index is 0.436. The van der Waals surface area contributed by atoms with Crippen LogP contribution in [0.15, 0.2) is 12.3 Å². The summed E-state index contributed by atoms with van der Waals surface area (Å²) < 4.78 is 0. The first-order valence-electron chi connectivity index (χ1n) is 4.90. The van der Waals surface area contributed by atoms with Crippen molar-refractivity contribution in [3.05, 3.63) is 29.1 Å². The van der Waals surface area contributed by atoms with E-state index in [1.807, 2.05) is 6.92 Å². The molecular formula is C11H13N3O. The first-order valence-corrected chi connectivity index (χ1v) is 4.90. The van der Waals surface area contributed by atoms with Gasteiger partial charge in [-0.2, -0.15) is 0 Å². The van der Waals surface area contributed by atoms with Gasteiger partial charge in [-0.05, 0) is 25.0 Å². The van der Waals surface area contributed by atoms with Gasteiger partial charge in [0.2, 0.25) is 5.91 Å². The van der Waals surface area contributed by atoms with Crippen molar-refractivity contribution < 1.29 is 4.79 Å². The van der Waals surface area contributed by atoms with Gasteiger partial charge in [0, 0.05) is 11.9 Å². The normalized spacial score (nSPS) is 10.8. The minimum atomic E-state index is -0.449. The van der Waals surface area contributed by atoms with Gasteiger partial charge in [-0.25, -0.2) is 0 Å². The lowest BCUT2D eigenvalue weighted by Crippen LogP contribution is -2.10. The second-order valence-electron chi connectivity index (χ2n) is 3.57. The molecule has 3 N–H and O–H groups in total. The Kier molecular flexibility index (Phi) is 2.19. The molecule has 1 amide bonds. The van der Waals surface area contributed by atoms with E-state index in [0.717, 1.165) is 23.1 Å². The number of nitrogens with zero attached hydrogens (tertiary/aromatic N) is 1. The molecule has 2 heterocycles. The van der Waals surface area contributed by atoms with Gasteiger partial charge in [0.25, 0.3) is 0 Å². The molecule has 2 aromatic rings. The zero-order valence-corrected chi connectivity index (χ0v) is 8.79. The summed E-state index contributed by atoms with van der Waals surface area (Å²) in [5.41, 5.74) is 9.73. The van der Waals surface area contributed by atoms with Gasteiger partial charge in [0.1, 0.15) is 0 Å². The van der Waals surface area contributed by atoms with Gasteiger partial charge < -0.3 is 10.7 Å². The number of hydrogen-bond donors (Lipinski definition) is 2. The smallest absolute Gasteiger partial charge is 0.250 e. The van der Waals surface area contributed by atoms with Crippen LogP contribution in [0, 0.1) is 6.92 Å². The van der Waals surface area contributed by atoms with Gasteiger partial charge in [-0.3, -0.25) is 9.78 Å². The van der Waals surface area contributed by atoms with Crippen molar-refractivity contribution in [1.82, 2.24) is 9.97 Å². The van der Waals surface area contributed by atoms with E-state index in [-0.39, 0.29) is 0 Å². The quantitative estimate of drug-likeness (QED) is 0.777. The molecule has 2 aromatic heterocycles. The molecule has 0 atom stereocenters. The predicted molar refractivity (Wildman–Crippen MR) is 58.7 cm³/mol. The van der Waals surface area contributed by atoms with Crippen LogP contribution < -0.4 is 5.73 Å². The summed E-state index contributed by atoms with van der Waals surface area (Å²) in [6.45, 7) is 4.09. The van der Waals surface area contributed by atoms with Gasteiger partial charge in [0.05, 0.1) is 16.6 Å². The van der Waals surface area contributed by atoms with Crippen molar-refractivity contribution in [1.29, 1.82) is 0 Å². The second kappa shape index (κ2) is 3.38. The molecule has 0 saturated heterocycles. The molecule has 0 aliphatic carbocycles. The third-order valence-electron chi connectivity index (χ3n) is 2.59. The van der Waals surface area contributed by atoms with Crippen LogP contribution in [-0.2, 0) is 6.42 Å². The van der Waals surface area contributed by atoms with Crippen LogP contribution in [0.5, 0.6) is 0 Å². The van der Waals surface area contributed by atoms with E-state index in [1.165, 1.54) is 11.8 Å². The highest BCUT2D eigenvalue weighted by Gasteiger charge is 2.09. The Hall–Kier alpha value is -1.84. The fourth-order valence-electron chi connectivity index (χ4n) is 1.82. The zero-order chi connectivity index (χ0) is 11.0. The predicted octanol–water partition coefficient (Wildman–Crippen LogP) is 1.53. The highest BCUT2D eigenvalue weighted by molar-refractivity contribution is 5.96. The fourth-order valence-corrected chi connectivity index (χ4v) is 1.82. The van der Waals surface area contributed by atoms with E-state index in [2.05, 4.69) is 16.9 Å². The van der Waals surface area contributed by atoms with E-state index in [0.29, 0.717) is 5.56 Å². The largest absolute Gasteiger partial charge is 0.366 e. The molecule has 0 spiro atoms. The lowest BCUT2D eigenvalue weighted by atomic mass is 10.1. The summed E-state index contributed by atoms with van der Waals surface area (Å²) in [4.78, 5) is 18.4. The second-order valence-corrected chi connectivity index (χ2v) is 3.57. The van der Waals surface area contributed by atoms with Gasteiger partial charge in [0.15, 0.2) is 0 Å². The number of carbonyl (C=O) groups excluding carboxylic acids is 1. The molecule has 0 aliphatic heterocycles. The maximum absolute atomic E-state index is 11.0. The summed E-state index contributed by atoms with van der Waals surface area (Å²) in [5, 5.41) is 0. The third kappa shape index (κ3) is 1.48. The van der Waals surface area contributed by atoms with Crippen LogP contribution >= 0.6 is 0 Å². The van der Waals surface area contributed by atoms with E-state index >= 15 is 0 Å². The van der Waals surface area contributed by atoms with Crippen LogP contribution in [0.3, 0.4) is 0 Å². The number of primary amides is 1. The Bertz CT molecular complexity index is 528. The third-order valence-corrected chi connectivity index (χ3v) is 2.59. The highest BCUT2D eigenvalue weighted by Crippen LogP contribution is 2.20. The average molecular weight is 203 g/mol. The number of hydrogen-bond acceptors (Lipinski definition) is 2. The highest BCUT2D eigenvalue weighted by atomic mass is 16.1. The molecular weight excluding hydrogens is 190 g/mol.